The lowest BCUT2D eigenvalue weighted by molar-refractivity contribution is -0.121. The molecule has 0 atom stereocenters. The normalized spacial score (nSPS) is 10.4. The minimum Gasteiger partial charge on any atom is -0.356 e. The van der Waals surface area contributed by atoms with Gasteiger partial charge in [-0.25, -0.2) is 0 Å². The highest BCUT2D eigenvalue weighted by atomic mass is 16.1. The van der Waals surface area contributed by atoms with Crippen LogP contribution in [0.4, 0.5) is 0 Å². The number of amides is 1. The molecule has 0 aliphatic carbocycles. The maximum Gasteiger partial charge on any atom is 0.220 e. The van der Waals surface area contributed by atoms with Gasteiger partial charge in [0.1, 0.15) is 0 Å². The van der Waals surface area contributed by atoms with Gasteiger partial charge in [-0.3, -0.25) is 4.79 Å². The van der Waals surface area contributed by atoms with Crippen molar-refractivity contribution >= 4 is 5.91 Å². The lowest BCUT2D eigenvalue weighted by Gasteiger charge is -2.06. The number of carbonyl (C=O) groups excluding carboxylic acids is 1. The van der Waals surface area contributed by atoms with Crippen molar-refractivity contribution in [2.45, 2.75) is 33.1 Å². The molecule has 0 aromatic heterocycles. The first-order chi connectivity index (χ1) is 10.1. The molecule has 0 saturated carbocycles. The Morgan fingerprint density at radius 1 is 0.905 bits per heavy atom. The number of nitrogens with one attached hydrogen (secondary N) is 1. The van der Waals surface area contributed by atoms with E-state index in [1.54, 1.807) is 0 Å². The molecule has 0 radical (unpaired) electrons. The Labute approximate surface area is 127 Å². The third-order valence-corrected chi connectivity index (χ3v) is 3.58. The standard InChI is InChI=1S/C19H23NO/c1-15-6-8-17(9-7-15)10-11-19(21)20-13-12-18-5-3-4-16(2)14-18/h3-9,14H,10-13H2,1-2H3,(H,20,21). The molecule has 2 rings (SSSR count). The average Bonchev–Trinajstić information content (AvgIpc) is 2.47. The van der Waals surface area contributed by atoms with Gasteiger partial charge < -0.3 is 5.32 Å². The molecule has 0 saturated heterocycles. The smallest absolute Gasteiger partial charge is 0.220 e. The van der Waals surface area contributed by atoms with Crippen molar-refractivity contribution in [3.63, 3.8) is 0 Å². The summed E-state index contributed by atoms with van der Waals surface area (Å²) in [6.07, 6.45) is 2.24. The Bertz CT molecular complexity index is 587. The molecule has 110 valence electrons. The van der Waals surface area contributed by atoms with Crippen molar-refractivity contribution in [3.8, 4) is 0 Å². The van der Waals surface area contributed by atoms with E-state index in [0.29, 0.717) is 13.0 Å². The number of carbonyl (C=O) groups is 1. The summed E-state index contributed by atoms with van der Waals surface area (Å²) in [5.41, 5.74) is 5.00. The Kier molecular flexibility index (Phi) is 5.56. The van der Waals surface area contributed by atoms with Crippen LogP contribution in [0.5, 0.6) is 0 Å². The van der Waals surface area contributed by atoms with E-state index < -0.39 is 0 Å². The zero-order chi connectivity index (χ0) is 15.1. The summed E-state index contributed by atoms with van der Waals surface area (Å²) in [7, 11) is 0. The highest BCUT2D eigenvalue weighted by molar-refractivity contribution is 5.76. The van der Waals surface area contributed by atoms with E-state index in [-0.39, 0.29) is 5.91 Å². The summed E-state index contributed by atoms with van der Waals surface area (Å²) in [5.74, 6) is 0.128. The van der Waals surface area contributed by atoms with Crippen LogP contribution in [0.3, 0.4) is 0 Å². The van der Waals surface area contributed by atoms with Gasteiger partial charge in [0.05, 0.1) is 0 Å². The maximum atomic E-state index is 11.8. The van der Waals surface area contributed by atoms with E-state index >= 15 is 0 Å². The lowest BCUT2D eigenvalue weighted by atomic mass is 10.1. The molecular formula is C19H23NO. The summed E-state index contributed by atoms with van der Waals surface area (Å²) < 4.78 is 0. The third kappa shape index (κ3) is 5.42. The lowest BCUT2D eigenvalue weighted by Crippen LogP contribution is -2.25. The zero-order valence-corrected chi connectivity index (χ0v) is 12.9. The van der Waals surface area contributed by atoms with Crippen LogP contribution in [0.15, 0.2) is 48.5 Å². The van der Waals surface area contributed by atoms with Crippen molar-refractivity contribution < 1.29 is 4.79 Å². The van der Waals surface area contributed by atoms with E-state index in [4.69, 9.17) is 0 Å². The first-order valence-corrected chi connectivity index (χ1v) is 7.51. The Morgan fingerprint density at radius 3 is 2.38 bits per heavy atom. The number of aryl methyl sites for hydroxylation is 3. The fourth-order valence-electron chi connectivity index (χ4n) is 2.31. The van der Waals surface area contributed by atoms with Crippen molar-refractivity contribution in [1.82, 2.24) is 5.32 Å². The van der Waals surface area contributed by atoms with E-state index in [9.17, 15) is 4.79 Å². The van der Waals surface area contributed by atoms with Gasteiger partial charge in [0.2, 0.25) is 5.91 Å². The highest BCUT2D eigenvalue weighted by Gasteiger charge is 2.02. The monoisotopic (exact) mass is 281 g/mol. The van der Waals surface area contributed by atoms with E-state index in [0.717, 1.165) is 12.8 Å². The van der Waals surface area contributed by atoms with Crippen molar-refractivity contribution in [2.24, 2.45) is 0 Å². The zero-order valence-electron chi connectivity index (χ0n) is 12.9. The quantitative estimate of drug-likeness (QED) is 0.861. The van der Waals surface area contributed by atoms with Crippen LogP contribution >= 0.6 is 0 Å². The summed E-state index contributed by atoms with van der Waals surface area (Å²) >= 11 is 0. The van der Waals surface area contributed by atoms with Gasteiger partial charge in [-0.2, -0.15) is 0 Å². The van der Waals surface area contributed by atoms with Crippen molar-refractivity contribution in [3.05, 3.63) is 70.8 Å². The first kappa shape index (κ1) is 15.3. The molecule has 0 spiro atoms. The van der Waals surface area contributed by atoms with Crippen LogP contribution in [0.2, 0.25) is 0 Å². The summed E-state index contributed by atoms with van der Waals surface area (Å²) in [5, 5.41) is 2.99. The second kappa shape index (κ2) is 7.63. The molecule has 1 amide bonds. The SMILES string of the molecule is Cc1ccc(CCC(=O)NCCc2cccc(C)c2)cc1. The van der Waals surface area contributed by atoms with Crippen LogP contribution in [0.25, 0.3) is 0 Å². The minimum absolute atomic E-state index is 0.128. The minimum atomic E-state index is 0.128. The third-order valence-electron chi connectivity index (χ3n) is 3.58. The average molecular weight is 281 g/mol. The molecule has 1 N–H and O–H groups in total. The molecule has 0 heterocycles. The molecule has 0 aliphatic rings. The molecule has 21 heavy (non-hydrogen) atoms. The topological polar surface area (TPSA) is 29.1 Å². The second-order valence-electron chi connectivity index (χ2n) is 5.57. The molecular weight excluding hydrogens is 258 g/mol. The Morgan fingerprint density at radius 2 is 1.67 bits per heavy atom. The molecule has 0 bridgehead atoms. The summed E-state index contributed by atoms with van der Waals surface area (Å²) in [4.78, 5) is 11.8. The molecule has 0 fully saturated rings. The molecule has 2 aromatic rings. The predicted molar refractivity (Wildman–Crippen MR) is 87.4 cm³/mol. The summed E-state index contributed by atoms with van der Waals surface area (Å²) in [6.45, 7) is 4.86. The largest absolute Gasteiger partial charge is 0.356 e. The van der Waals surface area contributed by atoms with Crippen LogP contribution in [0, 0.1) is 13.8 Å². The Balaban J connectivity index is 1.69. The van der Waals surface area contributed by atoms with Crippen LogP contribution in [-0.2, 0) is 17.6 Å². The van der Waals surface area contributed by atoms with Gasteiger partial charge in [0.25, 0.3) is 0 Å². The van der Waals surface area contributed by atoms with Gasteiger partial charge in [-0.15, -0.1) is 0 Å². The van der Waals surface area contributed by atoms with Crippen LogP contribution in [-0.4, -0.2) is 12.5 Å². The fraction of sp³-hybridized carbons (Fsp3) is 0.316. The molecule has 2 aromatic carbocycles. The second-order valence-corrected chi connectivity index (χ2v) is 5.57. The fourth-order valence-corrected chi connectivity index (χ4v) is 2.31. The number of benzene rings is 2. The molecule has 0 unspecified atom stereocenters. The van der Waals surface area contributed by atoms with Gasteiger partial charge in [0, 0.05) is 13.0 Å². The first-order valence-electron chi connectivity index (χ1n) is 7.51. The highest BCUT2D eigenvalue weighted by Crippen LogP contribution is 2.06. The van der Waals surface area contributed by atoms with Crippen molar-refractivity contribution in [1.29, 1.82) is 0 Å². The number of rotatable bonds is 6. The van der Waals surface area contributed by atoms with Gasteiger partial charge in [-0.05, 0) is 37.8 Å². The predicted octanol–water partition coefficient (Wildman–Crippen LogP) is 3.59. The maximum absolute atomic E-state index is 11.8. The number of hydrogen-bond acceptors (Lipinski definition) is 1. The molecule has 0 aliphatic heterocycles. The molecule has 2 heteroatoms. The summed E-state index contributed by atoms with van der Waals surface area (Å²) in [6, 6.07) is 16.8. The van der Waals surface area contributed by atoms with Crippen molar-refractivity contribution in [2.75, 3.05) is 6.54 Å². The Hall–Kier alpha value is -2.09. The van der Waals surface area contributed by atoms with Crippen LogP contribution in [0.1, 0.15) is 28.7 Å². The van der Waals surface area contributed by atoms with Gasteiger partial charge in [-0.1, -0.05) is 59.7 Å². The van der Waals surface area contributed by atoms with Gasteiger partial charge in [0.15, 0.2) is 0 Å². The van der Waals surface area contributed by atoms with Gasteiger partial charge >= 0.3 is 0 Å². The van der Waals surface area contributed by atoms with E-state index in [2.05, 4.69) is 67.7 Å². The van der Waals surface area contributed by atoms with Crippen LogP contribution < -0.4 is 5.32 Å². The molecule has 2 nitrogen and oxygen atoms in total. The number of hydrogen-bond donors (Lipinski definition) is 1. The van der Waals surface area contributed by atoms with E-state index in [1.165, 1.54) is 22.3 Å². The van der Waals surface area contributed by atoms with E-state index in [1.807, 2.05) is 0 Å².